The standard InChI is InChI=1S/C14H15N5O2/c15-5-12-3-4-13(21-12)7-16-11-6-17-19(8-11)9-14(20)18-10-1-2-10/h3-4,6,8,10,16H,1-2,7,9H2,(H,18,20). The SMILES string of the molecule is N#Cc1ccc(CNc2cnn(CC(=O)NC3CC3)c2)o1. The van der Waals surface area contributed by atoms with Crippen molar-refractivity contribution in [3.05, 3.63) is 36.0 Å². The zero-order valence-electron chi connectivity index (χ0n) is 11.4. The molecule has 2 N–H and O–H groups in total. The molecule has 21 heavy (non-hydrogen) atoms. The normalized spacial score (nSPS) is 13.7. The highest BCUT2D eigenvalue weighted by atomic mass is 16.3. The molecule has 7 heteroatoms. The lowest BCUT2D eigenvalue weighted by atomic mass is 10.4. The van der Waals surface area contributed by atoms with Gasteiger partial charge in [-0.3, -0.25) is 9.48 Å². The lowest BCUT2D eigenvalue weighted by Gasteiger charge is -2.03. The van der Waals surface area contributed by atoms with Gasteiger partial charge in [0.1, 0.15) is 18.4 Å². The zero-order valence-corrected chi connectivity index (χ0v) is 11.4. The summed E-state index contributed by atoms with van der Waals surface area (Å²) in [6.45, 7) is 0.680. The Kier molecular flexibility index (Phi) is 3.60. The largest absolute Gasteiger partial charge is 0.449 e. The molecule has 7 nitrogen and oxygen atoms in total. The molecule has 0 unspecified atom stereocenters. The Morgan fingerprint density at radius 1 is 1.52 bits per heavy atom. The van der Waals surface area contributed by atoms with Gasteiger partial charge in [-0.25, -0.2) is 0 Å². The van der Waals surface area contributed by atoms with Crippen molar-refractivity contribution in [1.82, 2.24) is 15.1 Å². The molecule has 0 saturated heterocycles. The Bertz CT molecular complexity index is 678. The van der Waals surface area contributed by atoms with Crippen molar-refractivity contribution in [2.24, 2.45) is 0 Å². The summed E-state index contributed by atoms with van der Waals surface area (Å²) in [5.74, 6) is 0.946. The van der Waals surface area contributed by atoms with E-state index < -0.39 is 0 Å². The van der Waals surface area contributed by atoms with Crippen LogP contribution < -0.4 is 10.6 Å². The van der Waals surface area contributed by atoms with Crippen molar-refractivity contribution in [3.8, 4) is 6.07 Å². The maximum atomic E-state index is 11.6. The molecule has 2 aromatic rings. The van der Waals surface area contributed by atoms with E-state index in [0.717, 1.165) is 18.5 Å². The molecule has 0 atom stereocenters. The van der Waals surface area contributed by atoms with E-state index in [0.29, 0.717) is 24.1 Å². The van der Waals surface area contributed by atoms with Gasteiger partial charge in [0.2, 0.25) is 11.7 Å². The molecule has 0 spiro atoms. The number of furan rings is 1. The van der Waals surface area contributed by atoms with Gasteiger partial charge in [0.05, 0.1) is 18.4 Å². The number of amides is 1. The van der Waals surface area contributed by atoms with E-state index >= 15 is 0 Å². The third-order valence-corrected chi connectivity index (χ3v) is 3.12. The predicted octanol–water partition coefficient (Wildman–Crippen LogP) is 1.24. The second kappa shape index (κ2) is 5.71. The van der Waals surface area contributed by atoms with Crippen molar-refractivity contribution < 1.29 is 9.21 Å². The van der Waals surface area contributed by atoms with Crippen molar-refractivity contribution >= 4 is 11.6 Å². The smallest absolute Gasteiger partial charge is 0.241 e. The van der Waals surface area contributed by atoms with Gasteiger partial charge in [-0.1, -0.05) is 0 Å². The Morgan fingerprint density at radius 3 is 3.10 bits per heavy atom. The van der Waals surface area contributed by atoms with Crippen LogP contribution in [0.3, 0.4) is 0 Å². The van der Waals surface area contributed by atoms with E-state index in [1.165, 1.54) is 0 Å². The number of nitriles is 1. The molecule has 1 aliphatic carbocycles. The summed E-state index contributed by atoms with van der Waals surface area (Å²) in [5, 5.41) is 18.8. The average molecular weight is 285 g/mol. The number of nitrogens with one attached hydrogen (secondary N) is 2. The van der Waals surface area contributed by atoms with Crippen LogP contribution in [0.1, 0.15) is 24.4 Å². The Labute approximate surface area is 121 Å². The predicted molar refractivity (Wildman–Crippen MR) is 74.1 cm³/mol. The number of carbonyl (C=O) groups excluding carboxylic acids is 1. The molecule has 1 amide bonds. The second-order valence-electron chi connectivity index (χ2n) is 5.00. The first-order valence-corrected chi connectivity index (χ1v) is 6.77. The van der Waals surface area contributed by atoms with Gasteiger partial charge in [-0.15, -0.1) is 0 Å². The molecule has 0 aromatic carbocycles. The monoisotopic (exact) mass is 285 g/mol. The first kappa shape index (κ1) is 13.2. The van der Waals surface area contributed by atoms with Crippen LogP contribution in [-0.2, 0) is 17.9 Å². The summed E-state index contributed by atoms with van der Waals surface area (Å²) >= 11 is 0. The minimum Gasteiger partial charge on any atom is -0.449 e. The lowest BCUT2D eigenvalue weighted by molar-refractivity contribution is -0.122. The summed E-state index contributed by atoms with van der Waals surface area (Å²) in [4.78, 5) is 11.6. The third-order valence-electron chi connectivity index (χ3n) is 3.12. The maximum Gasteiger partial charge on any atom is 0.241 e. The Morgan fingerprint density at radius 2 is 2.38 bits per heavy atom. The minimum absolute atomic E-state index is 0.0168. The summed E-state index contributed by atoms with van der Waals surface area (Å²) in [7, 11) is 0. The topological polar surface area (TPSA) is 95.9 Å². The highest BCUT2D eigenvalue weighted by molar-refractivity contribution is 5.76. The molecular weight excluding hydrogens is 270 g/mol. The van der Waals surface area contributed by atoms with Crippen LogP contribution in [0.25, 0.3) is 0 Å². The van der Waals surface area contributed by atoms with Gasteiger partial charge in [0.15, 0.2) is 0 Å². The summed E-state index contributed by atoms with van der Waals surface area (Å²) in [6, 6.07) is 5.67. The molecule has 3 rings (SSSR count). The molecule has 1 saturated carbocycles. The fourth-order valence-electron chi connectivity index (χ4n) is 1.91. The van der Waals surface area contributed by atoms with Crippen LogP contribution in [0.5, 0.6) is 0 Å². The third kappa shape index (κ3) is 3.63. The number of hydrogen-bond donors (Lipinski definition) is 2. The fourth-order valence-corrected chi connectivity index (χ4v) is 1.91. The summed E-state index contributed by atoms with van der Waals surface area (Å²) in [5.41, 5.74) is 0.795. The average Bonchev–Trinajstić information content (AvgIpc) is 3.00. The van der Waals surface area contributed by atoms with Gasteiger partial charge >= 0.3 is 0 Å². The summed E-state index contributed by atoms with van der Waals surface area (Å²) in [6.07, 6.45) is 5.57. The van der Waals surface area contributed by atoms with Gasteiger partial charge in [0.25, 0.3) is 0 Å². The van der Waals surface area contributed by atoms with Crippen LogP contribution in [0, 0.1) is 11.3 Å². The minimum atomic E-state index is -0.0168. The van der Waals surface area contributed by atoms with Crippen molar-refractivity contribution in [3.63, 3.8) is 0 Å². The van der Waals surface area contributed by atoms with E-state index in [2.05, 4.69) is 15.7 Å². The van der Waals surface area contributed by atoms with Crippen LogP contribution in [0.15, 0.2) is 28.9 Å². The number of carbonyl (C=O) groups is 1. The fraction of sp³-hybridized carbons (Fsp3) is 0.357. The van der Waals surface area contributed by atoms with Gasteiger partial charge in [-0.2, -0.15) is 10.4 Å². The molecule has 0 aliphatic heterocycles. The number of anilines is 1. The number of hydrogen-bond acceptors (Lipinski definition) is 5. The molecule has 1 aliphatic rings. The van der Waals surface area contributed by atoms with Crippen LogP contribution in [0.4, 0.5) is 5.69 Å². The van der Waals surface area contributed by atoms with Crippen LogP contribution in [0.2, 0.25) is 0 Å². The van der Waals surface area contributed by atoms with Crippen molar-refractivity contribution in [2.45, 2.75) is 32.0 Å². The second-order valence-corrected chi connectivity index (χ2v) is 5.00. The molecular formula is C14H15N5O2. The quantitative estimate of drug-likeness (QED) is 0.832. The molecule has 108 valence electrons. The van der Waals surface area contributed by atoms with Crippen LogP contribution >= 0.6 is 0 Å². The first-order valence-electron chi connectivity index (χ1n) is 6.77. The highest BCUT2D eigenvalue weighted by Crippen LogP contribution is 2.18. The lowest BCUT2D eigenvalue weighted by Crippen LogP contribution is -2.29. The van der Waals surface area contributed by atoms with Gasteiger partial charge < -0.3 is 15.1 Å². The molecule has 2 aromatic heterocycles. The molecule has 2 heterocycles. The number of nitrogens with zero attached hydrogens (tertiary/aromatic N) is 3. The van der Waals surface area contributed by atoms with E-state index in [1.54, 1.807) is 29.2 Å². The van der Waals surface area contributed by atoms with Gasteiger partial charge in [-0.05, 0) is 25.0 Å². The molecule has 0 radical (unpaired) electrons. The van der Waals surface area contributed by atoms with E-state index in [4.69, 9.17) is 9.68 Å². The first-order chi connectivity index (χ1) is 10.2. The molecule has 1 fully saturated rings. The number of aromatic nitrogens is 2. The van der Waals surface area contributed by atoms with Crippen molar-refractivity contribution in [2.75, 3.05) is 5.32 Å². The maximum absolute atomic E-state index is 11.6. The zero-order chi connectivity index (χ0) is 14.7. The van der Waals surface area contributed by atoms with E-state index in [9.17, 15) is 4.79 Å². The Balaban J connectivity index is 1.50. The summed E-state index contributed by atoms with van der Waals surface area (Å²) < 4.78 is 6.85. The van der Waals surface area contributed by atoms with E-state index in [-0.39, 0.29) is 12.5 Å². The van der Waals surface area contributed by atoms with E-state index in [1.807, 2.05) is 6.07 Å². The van der Waals surface area contributed by atoms with Crippen LogP contribution in [-0.4, -0.2) is 21.7 Å². The number of rotatable bonds is 6. The highest BCUT2D eigenvalue weighted by Gasteiger charge is 2.23. The Hall–Kier alpha value is -2.75. The van der Waals surface area contributed by atoms with Gasteiger partial charge in [0, 0.05) is 12.2 Å². The van der Waals surface area contributed by atoms with Crippen molar-refractivity contribution in [1.29, 1.82) is 5.26 Å². The molecule has 0 bridgehead atoms.